The predicted molar refractivity (Wildman–Crippen MR) is 135 cm³/mol. The van der Waals surface area contributed by atoms with Crippen molar-refractivity contribution in [2.24, 2.45) is 63.6 Å². The number of fused-ring (bicyclic) bond motifs is 5. The lowest BCUT2D eigenvalue weighted by Crippen LogP contribution is -2.73. The van der Waals surface area contributed by atoms with Crippen LogP contribution in [0.2, 0.25) is 0 Å². The maximum atomic E-state index is 13.5. The Kier molecular flexibility index (Phi) is 5.98. The Morgan fingerprint density at radius 3 is 2.20 bits per heavy atom. The largest absolute Gasteiger partial charge is 0.393 e. The molecule has 35 heavy (non-hydrogen) atoms. The number of aliphatic hydroxyl groups excluding tert-OH is 3. The van der Waals surface area contributed by atoms with Gasteiger partial charge in [0.15, 0.2) is 5.78 Å². The number of hydrogen-bond acceptors (Lipinski definition) is 5. The van der Waals surface area contributed by atoms with E-state index in [-0.39, 0.29) is 42.3 Å². The zero-order chi connectivity index (χ0) is 25.9. The smallest absolute Gasteiger partial charge is 0.165 e. The minimum Gasteiger partial charge on any atom is -0.393 e. The van der Waals surface area contributed by atoms with Gasteiger partial charge >= 0.3 is 0 Å². The van der Waals surface area contributed by atoms with E-state index in [1.54, 1.807) is 0 Å². The molecule has 0 aromatic carbocycles. The molecule has 0 bridgehead atoms. The van der Waals surface area contributed by atoms with Crippen LogP contribution in [0.3, 0.4) is 0 Å². The Labute approximate surface area is 212 Å². The van der Waals surface area contributed by atoms with Crippen LogP contribution < -0.4 is 0 Å². The van der Waals surface area contributed by atoms with Crippen LogP contribution in [0, 0.1) is 63.6 Å². The first-order chi connectivity index (χ1) is 16.1. The van der Waals surface area contributed by atoms with Crippen LogP contribution in [-0.2, 0) is 4.79 Å². The number of carbonyl (C=O) groups excluding carboxylic acids is 1. The summed E-state index contributed by atoms with van der Waals surface area (Å²) in [6.07, 6.45) is 1.96. The lowest BCUT2D eigenvalue weighted by molar-refractivity contribution is -0.263. The van der Waals surface area contributed by atoms with E-state index < -0.39 is 29.3 Å². The summed E-state index contributed by atoms with van der Waals surface area (Å²) in [5.74, 6) is 2.92. The highest BCUT2D eigenvalue weighted by atomic mass is 16.3. The number of hydrogen-bond donors (Lipinski definition) is 4. The van der Waals surface area contributed by atoms with E-state index >= 15 is 0 Å². The zero-order valence-electron chi connectivity index (χ0n) is 23.0. The Hall–Kier alpha value is -0.490. The van der Waals surface area contributed by atoms with Gasteiger partial charge in [0.1, 0.15) is 5.60 Å². The van der Waals surface area contributed by atoms with Crippen LogP contribution in [0.1, 0.15) is 93.4 Å². The van der Waals surface area contributed by atoms with Gasteiger partial charge in [-0.2, -0.15) is 0 Å². The SMILES string of the molecule is CC(C)[C@@H](C)[C@]1(C)C[C@@H]1[C@@H](C)[C@H]1CC[C@H]2[C@@H]3CC(=O)[C@]4(O)C[C@@H](O)C[C@H](O)[C@]4(C)[C@H]3[C@H](O)C[C@]12C. The lowest BCUT2D eigenvalue weighted by atomic mass is 9.41. The highest BCUT2D eigenvalue weighted by Crippen LogP contribution is 2.71. The molecule has 5 rings (SSSR count). The number of ketones is 1. The normalized spacial score (nSPS) is 57.3. The highest BCUT2D eigenvalue weighted by Gasteiger charge is 2.73. The molecule has 0 aromatic heterocycles. The molecule has 0 amide bonds. The summed E-state index contributed by atoms with van der Waals surface area (Å²) >= 11 is 0. The highest BCUT2D eigenvalue weighted by molar-refractivity contribution is 5.90. The Morgan fingerprint density at radius 1 is 0.914 bits per heavy atom. The van der Waals surface area contributed by atoms with E-state index in [4.69, 9.17) is 0 Å². The maximum Gasteiger partial charge on any atom is 0.165 e. The first kappa shape index (κ1) is 26.1. The van der Waals surface area contributed by atoms with Crippen molar-refractivity contribution < 1.29 is 25.2 Å². The maximum absolute atomic E-state index is 13.5. The van der Waals surface area contributed by atoms with Gasteiger partial charge < -0.3 is 20.4 Å². The fourth-order valence-electron chi connectivity index (χ4n) is 10.9. The van der Waals surface area contributed by atoms with Gasteiger partial charge in [0.05, 0.1) is 18.3 Å². The molecule has 0 radical (unpaired) electrons. The molecule has 5 saturated carbocycles. The molecular weight excluding hydrogens is 440 g/mol. The van der Waals surface area contributed by atoms with Crippen molar-refractivity contribution in [1.82, 2.24) is 0 Å². The van der Waals surface area contributed by atoms with Crippen LogP contribution in [-0.4, -0.2) is 50.1 Å². The molecule has 5 nitrogen and oxygen atoms in total. The summed E-state index contributed by atoms with van der Waals surface area (Å²) in [7, 11) is 0. The van der Waals surface area contributed by atoms with E-state index in [2.05, 4.69) is 41.5 Å². The third-order valence-corrected chi connectivity index (χ3v) is 13.4. The number of rotatable bonds is 4. The van der Waals surface area contributed by atoms with Crippen LogP contribution in [0.15, 0.2) is 0 Å². The average Bonchev–Trinajstić information content (AvgIpc) is 3.32. The number of aliphatic hydroxyl groups is 4. The van der Waals surface area contributed by atoms with Gasteiger partial charge in [0, 0.05) is 24.7 Å². The molecule has 0 aromatic rings. The van der Waals surface area contributed by atoms with E-state index in [1.165, 1.54) is 6.42 Å². The van der Waals surface area contributed by atoms with Crippen molar-refractivity contribution in [2.75, 3.05) is 0 Å². The molecule has 0 heterocycles. The molecule has 4 N–H and O–H groups in total. The van der Waals surface area contributed by atoms with E-state index in [1.807, 2.05) is 6.92 Å². The van der Waals surface area contributed by atoms with Crippen molar-refractivity contribution in [1.29, 1.82) is 0 Å². The fraction of sp³-hybridized carbons (Fsp3) is 0.967. The topological polar surface area (TPSA) is 98.0 Å². The summed E-state index contributed by atoms with van der Waals surface area (Å²) in [5.41, 5.74) is -2.53. The minimum atomic E-state index is -1.77. The Morgan fingerprint density at radius 2 is 1.57 bits per heavy atom. The third-order valence-electron chi connectivity index (χ3n) is 13.4. The second kappa shape index (κ2) is 8.01. The summed E-state index contributed by atoms with van der Waals surface area (Å²) in [6.45, 7) is 16.2. The monoisotopic (exact) mass is 490 g/mol. The Balaban J connectivity index is 1.44. The van der Waals surface area contributed by atoms with Gasteiger partial charge in [-0.3, -0.25) is 4.79 Å². The van der Waals surface area contributed by atoms with Crippen LogP contribution in [0.5, 0.6) is 0 Å². The molecule has 5 aliphatic rings. The molecule has 0 unspecified atom stereocenters. The van der Waals surface area contributed by atoms with Crippen molar-refractivity contribution in [3.8, 4) is 0 Å². The first-order valence-electron chi connectivity index (χ1n) is 14.4. The molecule has 14 atom stereocenters. The van der Waals surface area contributed by atoms with Crippen LogP contribution in [0.25, 0.3) is 0 Å². The second-order valence-electron chi connectivity index (χ2n) is 14.8. The fourth-order valence-corrected chi connectivity index (χ4v) is 10.9. The van der Waals surface area contributed by atoms with E-state index in [0.717, 1.165) is 12.8 Å². The molecular formula is C30H50O5. The molecule has 0 saturated heterocycles. The second-order valence-corrected chi connectivity index (χ2v) is 14.8. The van der Waals surface area contributed by atoms with Gasteiger partial charge in [0.2, 0.25) is 0 Å². The summed E-state index contributed by atoms with van der Waals surface area (Å²) in [6, 6.07) is 0. The van der Waals surface area contributed by atoms with E-state index in [0.29, 0.717) is 47.3 Å². The van der Waals surface area contributed by atoms with Gasteiger partial charge in [-0.15, -0.1) is 0 Å². The number of Topliss-reactive ketones (excluding diaryl/α,β-unsaturated/α-hetero) is 1. The molecule has 0 spiro atoms. The summed E-state index contributed by atoms with van der Waals surface area (Å²) in [4.78, 5) is 13.5. The zero-order valence-corrected chi connectivity index (χ0v) is 23.0. The average molecular weight is 491 g/mol. The van der Waals surface area contributed by atoms with Gasteiger partial charge in [-0.1, -0.05) is 48.5 Å². The van der Waals surface area contributed by atoms with Gasteiger partial charge in [0.25, 0.3) is 0 Å². The Bertz CT molecular complexity index is 873. The predicted octanol–water partition coefficient (Wildman–Crippen LogP) is 4.20. The van der Waals surface area contributed by atoms with Crippen LogP contribution in [0.4, 0.5) is 0 Å². The van der Waals surface area contributed by atoms with Gasteiger partial charge in [-0.05, 0) is 83.9 Å². The summed E-state index contributed by atoms with van der Waals surface area (Å²) in [5, 5.41) is 44.8. The standard InChI is InChI=1S/C30H50O5/c1-15(2)17(4)27(5)13-22(27)16(3)20-8-9-21-19-11-25(34)30(35)12-18(31)10-24(33)29(30,7)26(19)23(32)14-28(20,21)6/h15-24,26,31-33,35H,8-14H2,1-7H3/t16-,17+,18-,19-,20+,21-,22+,23+,24-,26+,27-,28+,29+,30+/m0/s1. The minimum absolute atomic E-state index is 0.0243. The van der Waals surface area contributed by atoms with Crippen molar-refractivity contribution in [3.05, 3.63) is 0 Å². The molecule has 5 aliphatic carbocycles. The summed E-state index contributed by atoms with van der Waals surface area (Å²) < 4.78 is 0. The molecule has 0 aliphatic heterocycles. The number of carbonyl (C=O) groups is 1. The van der Waals surface area contributed by atoms with Crippen molar-refractivity contribution in [2.45, 2.75) is 117 Å². The van der Waals surface area contributed by atoms with Crippen LogP contribution >= 0.6 is 0 Å². The van der Waals surface area contributed by atoms with E-state index in [9.17, 15) is 25.2 Å². The molecule has 200 valence electrons. The molecule has 5 fully saturated rings. The molecule has 5 heteroatoms. The third kappa shape index (κ3) is 3.29. The lowest BCUT2D eigenvalue weighted by Gasteiger charge is -2.65. The van der Waals surface area contributed by atoms with Gasteiger partial charge in [-0.25, -0.2) is 0 Å². The quantitative estimate of drug-likeness (QED) is 0.474. The first-order valence-corrected chi connectivity index (χ1v) is 14.4. The van der Waals surface area contributed by atoms with Crippen molar-refractivity contribution >= 4 is 5.78 Å². The van der Waals surface area contributed by atoms with Crippen molar-refractivity contribution in [3.63, 3.8) is 0 Å².